The van der Waals surface area contributed by atoms with Gasteiger partial charge in [-0.25, -0.2) is 4.79 Å². The lowest BCUT2D eigenvalue weighted by Crippen LogP contribution is -2.41. The Labute approximate surface area is 106 Å². The summed E-state index contributed by atoms with van der Waals surface area (Å²) in [5.74, 6) is 0.247. The average molecular weight is 252 g/mol. The summed E-state index contributed by atoms with van der Waals surface area (Å²) < 4.78 is 2.68. The van der Waals surface area contributed by atoms with Crippen LogP contribution in [0.4, 0.5) is 0 Å². The lowest BCUT2D eigenvalue weighted by atomic mass is 10.2. The van der Waals surface area contributed by atoms with Crippen molar-refractivity contribution >= 4 is 6.21 Å². The highest BCUT2D eigenvalue weighted by Crippen LogP contribution is 1.94. The Bertz CT molecular complexity index is 552. The Hall–Kier alpha value is -1.85. The summed E-state index contributed by atoms with van der Waals surface area (Å²) in [5, 5.41) is 5.63. The van der Waals surface area contributed by atoms with Crippen LogP contribution >= 0.6 is 0 Å². The van der Waals surface area contributed by atoms with Gasteiger partial charge in [-0.1, -0.05) is 13.8 Å². The molecule has 18 heavy (non-hydrogen) atoms. The fraction of sp³-hybridized carbons (Fsp3) is 0.583. The molecule has 1 aromatic rings. The van der Waals surface area contributed by atoms with Gasteiger partial charge in [0.1, 0.15) is 0 Å². The molecular formula is C12H20N4O2. The van der Waals surface area contributed by atoms with Crippen LogP contribution in [0.15, 0.2) is 20.8 Å². The number of nitrogens with zero attached hydrogens (tertiary/aromatic N) is 4. The number of rotatable bonds is 4. The van der Waals surface area contributed by atoms with E-state index in [0.29, 0.717) is 12.2 Å². The van der Waals surface area contributed by atoms with Crippen LogP contribution in [0, 0.1) is 5.92 Å². The standard InChI is InChI=1S/C12H20N4O2/c1-9(2)8-16-11(17)6-10(7-13-14(3)4)15(5)12(16)18/h6-7,9H,8H2,1-5H3. The third-order valence-corrected chi connectivity index (χ3v) is 2.41. The van der Waals surface area contributed by atoms with Crippen molar-refractivity contribution in [3.63, 3.8) is 0 Å². The summed E-state index contributed by atoms with van der Waals surface area (Å²) in [7, 11) is 5.18. The number of aromatic nitrogens is 2. The highest BCUT2D eigenvalue weighted by Gasteiger charge is 2.08. The van der Waals surface area contributed by atoms with Gasteiger partial charge < -0.3 is 5.01 Å². The molecule has 0 unspecified atom stereocenters. The van der Waals surface area contributed by atoms with Crippen molar-refractivity contribution in [2.75, 3.05) is 14.1 Å². The molecule has 6 heteroatoms. The molecule has 0 aromatic carbocycles. The molecule has 0 spiro atoms. The van der Waals surface area contributed by atoms with Crippen LogP contribution in [0.1, 0.15) is 19.5 Å². The van der Waals surface area contributed by atoms with E-state index in [2.05, 4.69) is 5.10 Å². The molecule has 0 aliphatic rings. The fourth-order valence-electron chi connectivity index (χ4n) is 1.52. The summed E-state index contributed by atoms with van der Waals surface area (Å²) in [6, 6.07) is 1.43. The van der Waals surface area contributed by atoms with E-state index in [9.17, 15) is 9.59 Å². The quantitative estimate of drug-likeness (QED) is 0.564. The maximum Gasteiger partial charge on any atom is 0.331 e. The van der Waals surface area contributed by atoms with Crippen LogP contribution in [0.5, 0.6) is 0 Å². The van der Waals surface area contributed by atoms with Gasteiger partial charge in [0.2, 0.25) is 0 Å². The van der Waals surface area contributed by atoms with Crippen molar-refractivity contribution in [3.8, 4) is 0 Å². The number of hydrazone groups is 1. The molecule has 0 bridgehead atoms. The average Bonchev–Trinajstić information content (AvgIpc) is 2.27. The SMILES string of the molecule is CC(C)Cn1c(=O)cc(C=NN(C)C)n(C)c1=O. The molecule has 0 aliphatic carbocycles. The van der Waals surface area contributed by atoms with Gasteiger partial charge in [-0.05, 0) is 5.92 Å². The lowest BCUT2D eigenvalue weighted by Gasteiger charge is -2.11. The Morgan fingerprint density at radius 1 is 1.39 bits per heavy atom. The van der Waals surface area contributed by atoms with Crippen LogP contribution < -0.4 is 11.2 Å². The molecule has 1 heterocycles. The molecule has 0 radical (unpaired) electrons. The van der Waals surface area contributed by atoms with E-state index >= 15 is 0 Å². The van der Waals surface area contributed by atoms with E-state index < -0.39 is 0 Å². The van der Waals surface area contributed by atoms with E-state index in [1.165, 1.54) is 21.4 Å². The zero-order valence-corrected chi connectivity index (χ0v) is 11.5. The number of hydrogen-bond donors (Lipinski definition) is 0. The van der Waals surface area contributed by atoms with Crippen molar-refractivity contribution in [2.45, 2.75) is 20.4 Å². The maximum atomic E-state index is 12.0. The zero-order valence-electron chi connectivity index (χ0n) is 11.5. The Kier molecular flexibility index (Phi) is 4.47. The van der Waals surface area contributed by atoms with Gasteiger partial charge in [-0.15, -0.1) is 0 Å². The van der Waals surface area contributed by atoms with Gasteiger partial charge in [0.05, 0.1) is 11.9 Å². The van der Waals surface area contributed by atoms with Crippen LogP contribution in [0.25, 0.3) is 0 Å². The van der Waals surface area contributed by atoms with Crippen molar-refractivity contribution < 1.29 is 0 Å². The van der Waals surface area contributed by atoms with Gasteiger partial charge in [0, 0.05) is 33.8 Å². The molecule has 0 saturated carbocycles. The zero-order chi connectivity index (χ0) is 13.9. The first kappa shape index (κ1) is 14.2. The second-order valence-corrected chi connectivity index (χ2v) is 4.85. The molecule has 1 rings (SSSR count). The van der Waals surface area contributed by atoms with Gasteiger partial charge >= 0.3 is 5.69 Å². The molecule has 6 nitrogen and oxygen atoms in total. The van der Waals surface area contributed by atoms with E-state index in [4.69, 9.17) is 0 Å². The molecule has 1 aromatic heterocycles. The summed E-state index contributed by atoms with van der Waals surface area (Å²) in [5.41, 5.74) is -0.0953. The third kappa shape index (κ3) is 3.32. The largest absolute Gasteiger partial charge is 0.331 e. The summed E-state index contributed by atoms with van der Waals surface area (Å²) in [6.07, 6.45) is 1.50. The van der Waals surface area contributed by atoms with Crippen molar-refractivity contribution in [1.82, 2.24) is 14.1 Å². The highest BCUT2D eigenvalue weighted by atomic mass is 16.2. The fourth-order valence-corrected chi connectivity index (χ4v) is 1.52. The van der Waals surface area contributed by atoms with Gasteiger partial charge in [-0.3, -0.25) is 13.9 Å². The summed E-state index contributed by atoms with van der Waals surface area (Å²) in [6.45, 7) is 4.36. The highest BCUT2D eigenvalue weighted by molar-refractivity contribution is 5.76. The van der Waals surface area contributed by atoms with Crippen molar-refractivity contribution in [2.24, 2.45) is 18.1 Å². The number of hydrogen-bond acceptors (Lipinski definition) is 4. The van der Waals surface area contributed by atoms with Gasteiger partial charge in [0.25, 0.3) is 5.56 Å². The molecular weight excluding hydrogens is 232 g/mol. The molecule has 0 atom stereocenters. The van der Waals surface area contributed by atoms with Crippen LogP contribution in [0.3, 0.4) is 0 Å². The molecule has 0 aliphatic heterocycles. The van der Waals surface area contributed by atoms with E-state index in [1.807, 2.05) is 13.8 Å². The summed E-state index contributed by atoms with van der Waals surface area (Å²) in [4.78, 5) is 23.9. The molecule has 0 fully saturated rings. The first-order valence-electron chi connectivity index (χ1n) is 5.85. The Balaban J connectivity index is 3.29. The predicted octanol–water partition coefficient (Wildman–Crippen LogP) is 0.0985. The van der Waals surface area contributed by atoms with Crippen LogP contribution in [0.2, 0.25) is 0 Å². The lowest BCUT2D eigenvalue weighted by molar-refractivity contribution is 0.439. The normalized spacial score (nSPS) is 11.4. The van der Waals surface area contributed by atoms with E-state index in [-0.39, 0.29) is 17.2 Å². The first-order chi connectivity index (χ1) is 8.32. The minimum Gasteiger partial charge on any atom is -0.303 e. The molecule has 0 amide bonds. The minimum absolute atomic E-state index is 0.247. The smallest absolute Gasteiger partial charge is 0.303 e. The second kappa shape index (κ2) is 5.66. The molecule has 0 N–H and O–H groups in total. The Morgan fingerprint density at radius 2 is 2.00 bits per heavy atom. The third-order valence-electron chi connectivity index (χ3n) is 2.41. The monoisotopic (exact) mass is 252 g/mol. The minimum atomic E-state index is -0.309. The van der Waals surface area contributed by atoms with Crippen LogP contribution in [-0.2, 0) is 13.6 Å². The summed E-state index contributed by atoms with van der Waals surface area (Å²) >= 11 is 0. The van der Waals surface area contributed by atoms with Crippen molar-refractivity contribution in [3.05, 3.63) is 32.6 Å². The second-order valence-electron chi connectivity index (χ2n) is 4.85. The predicted molar refractivity (Wildman–Crippen MR) is 72.1 cm³/mol. The molecule has 0 saturated heterocycles. The van der Waals surface area contributed by atoms with Gasteiger partial charge in [0.15, 0.2) is 0 Å². The van der Waals surface area contributed by atoms with Gasteiger partial charge in [-0.2, -0.15) is 5.10 Å². The molecule has 100 valence electrons. The van der Waals surface area contributed by atoms with E-state index in [0.717, 1.165) is 0 Å². The topological polar surface area (TPSA) is 59.6 Å². The van der Waals surface area contributed by atoms with E-state index in [1.54, 1.807) is 26.2 Å². The first-order valence-corrected chi connectivity index (χ1v) is 5.85. The maximum absolute atomic E-state index is 12.0. The Morgan fingerprint density at radius 3 is 2.50 bits per heavy atom. The van der Waals surface area contributed by atoms with Crippen LogP contribution in [-0.4, -0.2) is 34.5 Å². The van der Waals surface area contributed by atoms with Crippen molar-refractivity contribution in [1.29, 1.82) is 0 Å².